The van der Waals surface area contributed by atoms with E-state index in [0.29, 0.717) is 28.7 Å². The number of hydrogen-bond donors (Lipinski definition) is 3. The van der Waals surface area contributed by atoms with Crippen molar-refractivity contribution < 1.29 is 10.0 Å². The van der Waals surface area contributed by atoms with Crippen LogP contribution in [0, 0.1) is 17.0 Å². The molecule has 0 aliphatic heterocycles. The summed E-state index contributed by atoms with van der Waals surface area (Å²) in [6.07, 6.45) is 3.33. The Balaban J connectivity index is 2.01. The maximum absolute atomic E-state index is 11.2. The van der Waals surface area contributed by atoms with E-state index in [4.69, 9.17) is 0 Å². The minimum absolute atomic E-state index is 0.0284. The zero-order valence-electron chi connectivity index (χ0n) is 15.5. The van der Waals surface area contributed by atoms with Gasteiger partial charge < -0.3 is 15.7 Å². The molecular formula is C19H20N6O3. The summed E-state index contributed by atoms with van der Waals surface area (Å²) in [4.78, 5) is 23.7. The van der Waals surface area contributed by atoms with Crippen LogP contribution in [0.15, 0.2) is 48.8 Å². The molecule has 144 valence electrons. The molecule has 28 heavy (non-hydrogen) atoms. The summed E-state index contributed by atoms with van der Waals surface area (Å²) in [5, 5.41) is 26.7. The monoisotopic (exact) mass is 380 g/mol. The number of aliphatic hydroxyl groups is 1. The highest BCUT2D eigenvalue weighted by Crippen LogP contribution is 2.29. The molecule has 0 fully saturated rings. The molecule has 0 saturated heterocycles. The van der Waals surface area contributed by atoms with Gasteiger partial charge in [0.1, 0.15) is 5.82 Å². The van der Waals surface area contributed by atoms with E-state index in [1.807, 2.05) is 12.1 Å². The van der Waals surface area contributed by atoms with Crippen LogP contribution in [0.2, 0.25) is 0 Å². The van der Waals surface area contributed by atoms with Crippen molar-refractivity contribution >= 4 is 23.1 Å². The first-order valence-electron chi connectivity index (χ1n) is 8.66. The van der Waals surface area contributed by atoms with Crippen molar-refractivity contribution in [2.75, 3.05) is 17.2 Å². The molecule has 9 nitrogen and oxygen atoms in total. The number of pyridine rings is 1. The zero-order chi connectivity index (χ0) is 20.1. The zero-order valence-corrected chi connectivity index (χ0v) is 15.5. The third kappa shape index (κ3) is 4.38. The number of anilines is 3. The topological polar surface area (TPSA) is 126 Å². The van der Waals surface area contributed by atoms with Crippen molar-refractivity contribution in [1.82, 2.24) is 15.0 Å². The molecule has 2 aromatic heterocycles. The molecule has 0 bridgehead atoms. The number of aliphatic hydroxyl groups excluding tert-OH is 1. The molecule has 3 N–H and O–H groups in total. The second-order valence-corrected chi connectivity index (χ2v) is 6.26. The van der Waals surface area contributed by atoms with Crippen molar-refractivity contribution in [2.45, 2.75) is 19.9 Å². The molecule has 0 unspecified atom stereocenters. The van der Waals surface area contributed by atoms with Gasteiger partial charge in [0.15, 0.2) is 0 Å². The summed E-state index contributed by atoms with van der Waals surface area (Å²) in [6, 6.07) is 9.99. The maximum atomic E-state index is 11.2. The number of rotatable bonds is 7. The van der Waals surface area contributed by atoms with Crippen molar-refractivity contribution in [1.29, 1.82) is 0 Å². The largest absolute Gasteiger partial charge is 0.394 e. The van der Waals surface area contributed by atoms with Crippen LogP contribution in [-0.2, 0) is 0 Å². The minimum atomic E-state index is -0.418. The van der Waals surface area contributed by atoms with Gasteiger partial charge in [0.05, 0.1) is 22.8 Å². The van der Waals surface area contributed by atoms with Gasteiger partial charge in [-0.15, -0.1) is 0 Å². The van der Waals surface area contributed by atoms with E-state index in [1.54, 1.807) is 44.4 Å². The number of nitro groups is 1. The van der Waals surface area contributed by atoms with E-state index in [1.165, 1.54) is 6.07 Å². The molecule has 0 aliphatic carbocycles. The molecule has 0 aliphatic rings. The Labute approximate surface area is 161 Å². The van der Waals surface area contributed by atoms with Crippen LogP contribution in [0.4, 0.5) is 23.1 Å². The molecule has 0 amide bonds. The molecule has 0 saturated carbocycles. The van der Waals surface area contributed by atoms with Crippen LogP contribution in [0.5, 0.6) is 0 Å². The predicted molar refractivity (Wildman–Crippen MR) is 107 cm³/mol. The van der Waals surface area contributed by atoms with Gasteiger partial charge in [-0.05, 0) is 32.0 Å². The third-order valence-corrected chi connectivity index (χ3v) is 4.12. The maximum Gasteiger partial charge on any atom is 0.274 e. The summed E-state index contributed by atoms with van der Waals surface area (Å²) in [6.45, 7) is 3.41. The molecule has 3 rings (SSSR count). The molecular weight excluding hydrogens is 360 g/mol. The molecule has 0 spiro atoms. The Morgan fingerprint density at radius 1 is 1.21 bits per heavy atom. The number of nitrogens with one attached hydrogen (secondary N) is 2. The molecule has 1 aromatic carbocycles. The van der Waals surface area contributed by atoms with Crippen LogP contribution in [0.3, 0.4) is 0 Å². The van der Waals surface area contributed by atoms with Gasteiger partial charge in [-0.3, -0.25) is 15.1 Å². The predicted octanol–water partition coefficient (Wildman–Crippen LogP) is 3.29. The lowest BCUT2D eigenvalue weighted by Crippen LogP contribution is -2.21. The van der Waals surface area contributed by atoms with Gasteiger partial charge in [-0.2, -0.15) is 4.98 Å². The van der Waals surface area contributed by atoms with E-state index < -0.39 is 4.92 Å². The third-order valence-electron chi connectivity index (χ3n) is 4.12. The highest BCUT2D eigenvalue weighted by Gasteiger charge is 2.15. The van der Waals surface area contributed by atoms with E-state index in [-0.39, 0.29) is 18.3 Å². The lowest BCUT2D eigenvalue weighted by Gasteiger charge is -2.15. The Hall–Kier alpha value is -3.59. The standard InChI is InChI=1S/C19H20N6O3/c1-12(11-26)21-19-23-16(14-6-8-20-9-7-14)10-18(24-19)22-15-4-3-5-17(13(15)2)25(27)28/h3-10,12,26H,11H2,1-2H3,(H2,21,22,23,24)/t12-/m1/s1. The first-order valence-corrected chi connectivity index (χ1v) is 8.66. The quantitative estimate of drug-likeness (QED) is 0.421. The number of nitro benzene ring substituents is 1. The van der Waals surface area contributed by atoms with Gasteiger partial charge in [0.2, 0.25) is 5.95 Å². The van der Waals surface area contributed by atoms with Crippen LogP contribution in [0.25, 0.3) is 11.3 Å². The van der Waals surface area contributed by atoms with E-state index >= 15 is 0 Å². The first kappa shape index (κ1) is 19.2. The van der Waals surface area contributed by atoms with Gasteiger partial charge in [-0.25, -0.2) is 4.98 Å². The average Bonchev–Trinajstić information content (AvgIpc) is 2.69. The molecule has 2 heterocycles. The van der Waals surface area contributed by atoms with Crippen molar-refractivity contribution in [2.24, 2.45) is 0 Å². The van der Waals surface area contributed by atoms with Crippen molar-refractivity contribution in [3.8, 4) is 11.3 Å². The molecule has 1 atom stereocenters. The number of benzene rings is 1. The smallest absolute Gasteiger partial charge is 0.274 e. The van der Waals surface area contributed by atoms with E-state index in [9.17, 15) is 15.2 Å². The van der Waals surface area contributed by atoms with Crippen LogP contribution < -0.4 is 10.6 Å². The number of nitrogens with zero attached hydrogens (tertiary/aromatic N) is 4. The summed E-state index contributed by atoms with van der Waals surface area (Å²) < 4.78 is 0. The summed E-state index contributed by atoms with van der Waals surface area (Å²) in [5.74, 6) is 0.805. The summed E-state index contributed by atoms with van der Waals surface area (Å²) in [7, 11) is 0. The van der Waals surface area contributed by atoms with Crippen LogP contribution in [-0.4, -0.2) is 37.6 Å². The first-order chi connectivity index (χ1) is 13.5. The summed E-state index contributed by atoms with van der Waals surface area (Å²) in [5.41, 5.74) is 2.61. The van der Waals surface area contributed by atoms with E-state index in [2.05, 4.69) is 25.6 Å². The fraction of sp³-hybridized carbons (Fsp3) is 0.211. The second kappa shape index (κ2) is 8.40. The lowest BCUT2D eigenvalue weighted by molar-refractivity contribution is -0.385. The van der Waals surface area contributed by atoms with Crippen LogP contribution in [0.1, 0.15) is 12.5 Å². The Kier molecular flexibility index (Phi) is 5.75. The van der Waals surface area contributed by atoms with E-state index in [0.717, 1.165) is 5.56 Å². The fourth-order valence-electron chi connectivity index (χ4n) is 2.61. The van der Waals surface area contributed by atoms with Gasteiger partial charge in [0, 0.05) is 41.8 Å². The Morgan fingerprint density at radius 2 is 1.96 bits per heavy atom. The van der Waals surface area contributed by atoms with Crippen molar-refractivity contribution in [3.05, 3.63) is 64.5 Å². The van der Waals surface area contributed by atoms with Gasteiger partial charge >= 0.3 is 0 Å². The Morgan fingerprint density at radius 3 is 2.64 bits per heavy atom. The Bertz CT molecular complexity index is 981. The summed E-state index contributed by atoms with van der Waals surface area (Å²) >= 11 is 0. The van der Waals surface area contributed by atoms with Crippen molar-refractivity contribution in [3.63, 3.8) is 0 Å². The SMILES string of the molecule is Cc1c(Nc2cc(-c3ccncc3)nc(N[C@H](C)CO)n2)cccc1[N+](=O)[O-]. The minimum Gasteiger partial charge on any atom is -0.394 e. The highest BCUT2D eigenvalue weighted by molar-refractivity contribution is 5.70. The van der Waals surface area contributed by atoms with Gasteiger partial charge in [-0.1, -0.05) is 6.07 Å². The normalized spacial score (nSPS) is 11.7. The van der Waals surface area contributed by atoms with Gasteiger partial charge in [0.25, 0.3) is 5.69 Å². The lowest BCUT2D eigenvalue weighted by atomic mass is 10.1. The molecule has 9 heteroatoms. The van der Waals surface area contributed by atoms with Crippen LogP contribution >= 0.6 is 0 Å². The fourth-order valence-corrected chi connectivity index (χ4v) is 2.61. The number of hydrogen-bond acceptors (Lipinski definition) is 8. The molecule has 3 aromatic rings. The highest BCUT2D eigenvalue weighted by atomic mass is 16.6. The molecule has 0 radical (unpaired) electrons. The number of aromatic nitrogens is 3. The second-order valence-electron chi connectivity index (χ2n) is 6.26. The average molecular weight is 380 g/mol.